The van der Waals surface area contributed by atoms with Crippen molar-refractivity contribution in [2.24, 2.45) is 5.10 Å². The van der Waals surface area contributed by atoms with Gasteiger partial charge in [-0.15, -0.1) is 0 Å². The number of rotatable bonds is 7. The fraction of sp³-hybridized carbons (Fsp3) is 0.500. The van der Waals surface area contributed by atoms with Crippen LogP contribution in [0.3, 0.4) is 0 Å². The molecule has 1 fully saturated rings. The van der Waals surface area contributed by atoms with E-state index in [0.717, 1.165) is 62.8 Å². The molecule has 142 valence electrons. The van der Waals surface area contributed by atoms with Crippen LogP contribution in [0.4, 0.5) is 5.69 Å². The van der Waals surface area contributed by atoms with Gasteiger partial charge in [0.15, 0.2) is 5.11 Å². The number of morpholine rings is 1. The monoisotopic (exact) mass is 377 g/mol. The van der Waals surface area contributed by atoms with E-state index >= 15 is 0 Å². The molecular formula is C18H27N5O2S. The summed E-state index contributed by atoms with van der Waals surface area (Å²) in [6.45, 7) is 8.87. The van der Waals surface area contributed by atoms with Gasteiger partial charge >= 0.3 is 0 Å². The van der Waals surface area contributed by atoms with Crippen LogP contribution in [0, 0.1) is 0 Å². The van der Waals surface area contributed by atoms with E-state index in [0.29, 0.717) is 5.11 Å². The number of hydrazone groups is 1. The second-order valence-corrected chi connectivity index (χ2v) is 6.54. The van der Waals surface area contributed by atoms with E-state index in [4.69, 9.17) is 17.0 Å². The minimum absolute atomic E-state index is 0.0997. The number of amides is 1. The molecule has 1 aliphatic rings. The maximum atomic E-state index is 11.1. The molecule has 0 saturated carbocycles. The molecule has 3 N–H and O–H groups in total. The molecular weight excluding hydrogens is 350 g/mol. The third-order valence-electron chi connectivity index (χ3n) is 3.97. The Morgan fingerprint density at radius 3 is 2.81 bits per heavy atom. The second-order valence-electron chi connectivity index (χ2n) is 6.13. The van der Waals surface area contributed by atoms with Gasteiger partial charge in [-0.25, -0.2) is 0 Å². The van der Waals surface area contributed by atoms with Crippen molar-refractivity contribution < 1.29 is 9.53 Å². The van der Waals surface area contributed by atoms with E-state index in [-0.39, 0.29) is 5.91 Å². The lowest BCUT2D eigenvalue weighted by atomic mass is 10.1. The largest absolute Gasteiger partial charge is 0.379 e. The van der Waals surface area contributed by atoms with Crippen LogP contribution in [0.1, 0.15) is 25.8 Å². The minimum Gasteiger partial charge on any atom is -0.379 e. The highest BCUT2D eigenvalue weighted by Gasteiger charge is 2.09. The summed E-state index contributed by atoms with van der Waals surface area (Å²) >= 11 is 5.26. The first-order chi connectivity index (χ1) is 12.5. The highest BCUT2D eigenvalue weighted by molar-refractivity contribution is 7.80. The van der Waals surface area contributed by atoms with E-state index < -0.39 is 0 Å². The molecule has 0 bridgehead atoms. The molecule has 1 heterocycles. The van der Waals surface area contributed by atoms with Crippen molar-refractivity contribution >= 4 is 34.6 Å². The highest BCUT2D eigenvalue weighted by Crippen LogP contribution is 2.11. The second kappa shape index (κ2) is 10.8. The van der Waals surface area contributed by atoms with E-state index in [1.54, 1.807) is 0 Å². The van der Waals surface area contributed by atoms with Crippen LogP contribution < -0.4 is 16.1 Å². The van der Waals surface area contributed by atoms with Crippen LogP contribution in [0.25, 0.3) is 0 Å². The van der Waals surface area contributed by atoms with Crippen molar-refractivity contribution in [1.29, 1.82) is 0 Å². The molecule has 0 aromatic heterocycles. The minimum atomic E-state index is -0.0997. The Kier molecular flexibility index (Phi) is 8.46. The zero-order valence-electron chi connectivity index (χ0n) is 15.4. The van der Waals surface area contributed by atoms with Gasteiger partial charge in [0.25, 0.3) is 0 Å². The molecule has 1 amide bonds. The normalized spacial score (nSPS) is 15.4. The van der Waals surface area contributed by atoms with Gasteiger partial charge in [-0.1, -0.05) is 12.1 Å². The smallest absolute Gasteiger partial charge is 0.221 e. The molecule has 1 aromatic rings. The van der Waals surface area contributed by atoms with Gasteiger partial charge in [-0.05, 0) is 49.8 Å². The standard InChI is InChI=1S/C18H27N5O2S/c1-14(16-5-3-6-17(13-16)20-15(2)24)21-22-18(26)19-7-4-8-23-9-11-25-12-10-23/h3,5-6,13H,4,7-12H2,1-2H3,(H,20,24)(H2,19,22,26)/b21-14+. The van der Waals surface area contributed by atoms with Crippen molar-refractivity contribution in [3.63, 3.8) is 0 Å². The van der Waals surface area contributed by atoms with Gasteiger partial charge in [0.05, 0.1) is 18.9 Å². The number of thiocarbonyl (C=S) groups is 1. The summed E-state index contributed by atoms with van der Waals surface area (Å²) in [5.74, 6) is -0.0997. The van der Waals surface area contributed by atoms with Crippen molar-refractivity contribution in [2.45, 2.75) is 20.3 Å². The summed E-state index contributed by atoms with van der Waals surface area (Å²) in [5.41, 5.74) is 5.31. The summed E-state index contributed by atoms with van der Waals surface area (Å²) < 4.78 is 5.34. The number of hydrogen-bond acceptors (Lipinski definition) is 5. The molecule has 1 aliphatic heterocycles. The third-order valence-corrected chi connectivity index (χ3v) is 4.20. The molecule has 1 saturated heterocycles. The average molecular weight is 378 g/mol. The molecule has 1 aromatic carbocycles. The van der Waals surface area contributed by atoms with Crippen LogP contribution in [-0.4, -0.2) is 61.0 Å². The lowest BCUT2D eigenvalue weighted by Gasteiger charge is -2.26. The van der Waals surface area contributed by atoms with Crippen molar-refractivity contribution in [2.75, 3.05) is 44.7 Å². The first-order valence-electron chi connectivity index (χ1n) is 8.81. The zero-order valence-corrected chi connectivity index (χ0v) is 16.2. The van der Waals surface area contributed by atoms with Crippen LogP contribution in [0.2, 0.25) is 0 Å². The van der Waals surface area contributed by atoms with Crippen molar-refractivity contribution in [3.05, 3.63) is 29.8 Å². The van der Waals surface area contributed by atoms with E-state index in [1.165, 1.54) is 6.92 Å². The number of anilines is 1. The molecule has 0 aliphatic carbocycles. The quantitative estimate of drug-likeness (QED) is 0.290. The molecule has 0 unspecified atom stereocenters. The van der Waals surface area contributed by atoms with Crippen LogP contribution in [-0.2, 0) is 9.53 Å². The highest BCUT2D eigenvalue weighted by atomic mass is 32.1. The molecule has 8 heteroatoms. The first-order valence-corrected chi connectivity index (χ1v) is 9.21. The SMILES string of the molecule is CC(=O)Nc1cccc(/C(C)=N/NC(=S)NCCCN2CCOCC2)c1. The number of carbonyl (C=O) groups is 1. The zero-order chi connectivity index (χ0) is 18.8. The number of carbonyl (C=O) groups excluding carboxylic acids is 1. The Labute approximate surface area is 160 Å². The topological polar surface area (TPSA) is 78.0 Å². The fourth-order valence-electron chi connectivity index (χ4n) is 2.59. The van der Waals surface area contributed by atoms with Gasteiger partial charge in [0.1, 0.15) is 0 Å². The average Bonchev–Trinajstić information content (AvgIpc) is 2.64. The maximum Gasteiger partial charge on any atom is 0.221 e. The Balaban J connectivity index is 1.71. The van der Waals surface area contributed by atoms with Crippen LogP contribution >= 0.6 is 12.2 Å². The Bertz CT molecular complexity index is 644. The van der Waals surface area contributed by atoms with Gasteiger partial charge in [0.2, 0.25) is 5.91 Å². The summed E-state index contributed by atoms with van der Waals surface area (Å²) in [7, 11) is 0. The lowest BCUT2D eigenvalue weighted by molar-refractivity contribution is -0.114. The third kappa shape index (κ3) is 7.47. The van der Waals surface area contributed by atoms with Gasteiger partial charge < -0.3 is 15.4 Å². The summed E-state index contributed by atoms with van der Waals surface area (Å²) in [4.78, 5) is 13.5. The molecule has 0 spiro atoms. The lowest BCUT2D eigenvalue weighted by Crippen LogP contribution is -2.39. The van der Waals surface area contributed by atoms with E-state index in [1.807, 2.05) is 31.2 Å². The van der Waals surface area contributed by atoms with Gasteiger partial charge in [-0.2, -0.15) is 5.10 Å². The van der Waals surface area contributed by atoms with E-state index in [9.17, 15) is 4.79 Å². The molecule has 2 rings (SSSR count). The Hall–Kier alpha value is -2.03. The molecule has 7 nitrogen and oxygen atoms in total. The van der Waals surface area contributed by atoms with Crippen LogP contribution in [0.5, 0.6) is 0 Å². The molecule has 0 radical (unpaired) electrons. The van der Waals surface area contributed by atoms with Gasteiger partial charge in [0, 0.05) is 32.2 Å². The molecule has 26 heavy (non-hydrogen) atoms. The summed E-state index contributed by atoms with van der Waals surface area (Å²) in [6, 6.07) is 7.53. The predicted molar refractivity (Wildman–Crippen MR) is 109 cm³/mol. The summed E-state index contributed by atoms with van der Waals surface area (Å²) in [6.07, 6.45) is 1.02. The number of benzene rings is 1. The first kappa shape index (κ1) is 20.3. The van der Waals surface area contributed by atoms with Crippen molar-refractivity contribution in [3.8, 4) is 0 Å². The van der Waals surface area contributed by atoms with Gasteiger partial charge in [-0.3, -0.25) is 15.1 Å². The maximum absolute atomic E-state index is 11.1. The molecule has 0 atom stereocenters. The number of ether oxygens (including phenoxy) is 1. The summed E-state index contributed by atoms with van der Waals surface area (Å²) in [5, 5.41) is 10.7. The van der Waals surface area contributed by atoms with Crippen LogP contribution in [0.15, 0.2) is 29.4 Å². The van der Waals surface area contributed by atoms with Crippen molar-refractivity contribution in [1.82, 2.24) is 15.6 Å². The predicted octanol–water partition coefficient (Wildman–Crippen LogP) is 1.56. The Morgan fingerprint density at radius 2 is 2.08 bits per heavy atom. The number of hydrogen-bond donors (Lipinski definition) is 3. The Morgan fingerprint density at radius 1 is 1.31 bits per heavy atom. The number of nitrogens with zero attached hydrogens (tertiary/aromatic N) is 2. The van der Waals surface area contributed by atoms with E-state index in [2.05, 4.69) is 26.1 Å². The number of nitrogens with one attached hydrogen (secondary N) is 3. The fourth-order valence-corrected chi connectivity index (χ4v) is 2.74.